The van der Waals surface area contributed by atoms with E-state index in [2.05, 4.69) is 18.6 Å². The van der Waals surface area contributed by atoms with Gasteiger partial charge in [0.1, 0.15) is 0 Å². The molecule has 0 spiro atoms. The normalized spacial score (nSPS) is 12.5. The lowest BCUT2D eigenvalue weighted by atomic mass is 9.73. The molecule has 1 aromatic carbocycles. The maximum atomic E-state index is 12.3. The maximum Gasteiger partial charge on any atom is 0.391 e. The molecule has 0 saturated carbocycles. The molecular weight excluding hydrogens is 288 g/mol. The predicted octanol–water partition coefficient (Wildman–Crippen LogP) is 3.65. The zero-order chi connectivity index (χ0) is 16.7. The third kappa shape index (κ3) is 2.86. The van der Waals surface area contributed by atoms with Crippen LogP contribution < -0.4 is 11.3 Å². The molecule has 0 radical (unpaired) electrons. The van der Waals surface area contributed by atoms with E-state index in [-0.39, 0.29) is 16.2 Å². The first-order chi connectivity index (χ1) is 10.0. The summed E-state index contributed by atoms with van der Waals surface area (Å²) in [5.74, 6) is 0. The summed E-state index contributed by atoms with van der Waals surface area (Å²) in [6.45, 7) is 12.0. The third-order valence-electron chi connectivity index (χ3n) is 3.43. The van der Waals surface area contributed by atoms with Crippen LogP contribution in [0.2, 0.25) is 0 Å². The highest BCUT2D eigenvalue weighted by Gasteiger charge is 2.29. The standard InChI is InChI=1S/C16H20O6/c1-15(2,3)10-8-7-9-11(12(10)16(4,5)6)14(18)20-22-21-19-13(9)17/h7-8H,1-6H3. The molecule has 0 aliphatic carbocycles. The van der Waals surface area contributed by atoms with Crippen molar-refractivity contribution in [3.63, 3.8) is 0 Å². The summed E-state index contributed by atoms with van der Waals surface area (Å²) in [6.07, 6.45) is 0. The lowest BCUT2D eigenvalue weighted by Gasteiger charge is -2.30. The number of rotatable bonds is 0. The molecule has 0 fully saturated rings. The molecule has 0 amide bonds. The average Bonchev–Trinajstić information content (AvgIpc) is 2.38. The lowest BCUT2D eigenvalue weighted by molar-refractivity contribution is -0.305. The van der Waals surface area contributed by atoms with Crippen molar-refractivity contribution in [3.8, 4) is 0 Å². The second-order valence-corrected chi connectivity index (χ2v) is 7.29. The van der Waals surface area contributed by atoms with Crippen molar-refractivity contribution in [2.24, 2.45) is 0 Å². The van der Waals surface area contributed by atoms with Crippen molar-refractivity contribution in [2.45, 2.75) is 52.4 Å². The van der Waals surface area contributed by atoms with Gasteiger partial charge < -0.3 is 0 Å². The van der Waals surface area contributed by atoms with E-state index in [4.69, 9.17) is 0 Å². The van der Waals surface area contributed by atoms with Gasteiger partial charge in [-0.15, -0.1) is 0 Å². The Bertz CT molecular complexity index is 844. The molecule has 6 heteroatoms. The van der Waals surface area contributed by atoms with E-state index in [1.54, 1.807) is 6.07 Å². The molecule has 2 rings (SSSR count). The third-order valence-corrected chi connectivity index (χ3v) is 3.43. The van der Waals surface area contributed by atoms with Crippen LogP contribution in [0.1, 0.15) is 52.7 Å². The Morgan fingerprint density at radius 1 is 0.773 bits per heavy atom. The summed E-state index contributed by atoms with van der Waals surface area (Å²) in [6, 6.07) is 3.37. The molecular formula is C16H20O6. The molecule has 1 heterocycles. The lowest BCUT2D eigenvalue weighted by Crippen LogP contribution is -2.25. The van der Waals surface area contributed by atoms with Crippen molar-refractivity contribution in [2.75, 3.05) is 0 Å². The van der Waals surface area contributed by atoms with Gasteiger partial charge in [-0.25, -0.2) is 18.7 Å². The SMILES string of the molecule is CC(C)(C)c1ccc2c(=O)ooooc(=O)c2c1C(C)(C)C. The molecule has 6 nitrogen and oxygen atoms in total. The predicted molar refractivity (Wildman–Crippen MR) is 80.6 cm³/mol. The van der Waals surface area contributed by atoms with E-state index in [9.17, 15) is 9.59 Å². The topological polar surface area (TPSA) is 86.7 Å². The van der Waals surface area contributed by atoms with Crippen LogP contribution in [0.15, 0.2) is 40.3 Å². The minimum atomic E-state index is -0.808. The maximum absolute atomic E-state index is 12.3. The van der Waals surface area contributed by atoms with Gasteiger partial charge in [-0.05, 0) is 37.5 Å². The monoisotopic (exact) mass is 308 g/mol. The van der Waals surface area contributed by atoms with Crippen molar-refractivity contribution in [1.29, 1.82) is 0 Å². The molecule has 0 N–H and O–H groups in total. The van der Waals surface area contributed by atoms with Crippen molar-refractivity contribution in [1.82, 2.24) is 0 Å². The summed E-state index contributed by atoms with van der Waals surface area (Å²) in [5, 5.41) is 0.236. The molecule has 1 aromatic heterocycles. The van der Waals surface area contributed by atoms with E-state index in [1.807, 2.05) is 47.6 Å². The largest absolute Gasteiger partial charge is 0.391 e. The molecule has 120 valence electrons. The fourth-order valence-electron chi connectivity index (χ4n) is 2.56. The van der Waals surface area contributed by atoms with Crippen LogP contribution >= 0.6 is 0 Å². The van der Waals surface area contributed by atoms with Gasteiger partial charge in [0.25, 0.3) is 0 Å². The van der Waals surface area contributed by atoms with Crippen molar-refractivity contribution in [3.05, 3.63) is 44.1 Å². The Kier molecular flexibility index (Phi) is 3.81. The fraction of sp³-hybridized carbons (Fsp3) is 0.500. The van der Waals surface area contributed by atoms with Crippen LogP contribution in [0.3, 0.4) is 0 Å². The van der Waals surface area contributed by atoms with Gasteiger partial charge in [0.15, 0.2) is 0 Å². The highest BCUT2D eigenvalue weighted by Crippen LogP contribution is 2.36. The highest BCUT2D eigenvalue weighted by molar-refractivity contribution is 5.85. The summed E-state index contributed by atoms with van der Waals surface area (Å²) >= 11 is 0. The van der Waals surface area contributed by atoms with Crippen LogP contribution in [0.4, 0.5) is 0 Å². The molecule has 2 aromatic rings. The smallest absolute Gasteiger partial charge is 0.241 e. The second kappa shape index (κ2) is 5.19. The number of benzene rings is 1. The molecule has 0 atom stereocenters. The van der Waals surface area contributed by atoms with Crippen LogP contribution in [-0.2, 0) is 10.8 Å². The van der Waals surface area contributed by atoms with Crippen LogP contribution in [0, 0.1) is 0 Å². The van der Waals surface area contributed by atoms with Crippen LogP contribution in [-0.4, -0.2) is 0 Å². The molecule has 0 aliphatic heterocycles. The zero-order valence-corrected chi connectivity index (χ0v) is 13.6. The van der Waals surface area contributed by atoms with Crippen LogP contribution in [0.5, 0.6) is 0 Å². The molecule has 0 saturated heterocycles. The Hall–Kier alpha value is -2.24. The minimum absolute atomic E-state index is 0.0891. The van der Waals surface area contributed by atoms with E-state index < -0.39 is 16.7 Å². The van der Waals surface area contributed by atoms with Crippen LogP contribution in [0.25, 0.3) is 10.8 Å². The molecule has 0 aliphatic rings. The summed E-state index contributed by atoms with van der Waals surface area (Å²) in [4.78, 5) is 24.3. The first-order valence-electron chi connectivity index (χ1n) is 6.98. The summed E-state index contributed by atoms with van der Waals surface area (Å²) in [5.41, 5.74) is -0.537. The van der Waals surface area contributed by atoms with Gasteiger partial charge in [-0.3, -0.25) is 0 Å². The van der Waals surface area contributed by atoms with Gasteiger partial charge in [-0.1, -0.05) is 47.6 Å². The molecule has 22 heavy (non-hydrogen) atoms. The van der Waals surface area contributed by atoms with Crippen molar-refractivity contribution >= 4 is 10.8 Å². The quantitative estimate of drug-likeness (QED) is 0.690. The van der Waals surface area contributed by atoms with E-state index in [0.29, 0.717) is 0 Å². The van der Waals surface area contributed by atoms with Gasteiger partial charge in [0, 0.05) is 0 Å². The Morgan fingerprint density at radius 2 is 1.32 bits per heavy atom. The summed E-state index contributed by atoms with van der Waals surface area (Å²) < 4.78 is 17.1. The second-order valence-electron chi connectivity index (χ2n) is 7.29. The highest BCUT2D eigenvalue weighted by atomic mass is 17.4. The van der Waals surface area contributed by atoms with Gasteiger partial charge >= 0.3 is 11.3 Å². The number of hydrogen-bond donors (Lipinski definition) is 0. The van der Waals surface area contributed by atoms with Crippen molar-refractivity contribution < 1.29 is 18.6 Å². The number of fused-ring (bicyclic) bond motifs is 1. The average molecular weight is 308 g/mol. The van der Waals surface area contributed by atoms with E-state index in [0.717, 1.165) is 11.1 Å². The fourth-order valence-corrected chi connectivity index (χ4v) is 2.56. The first-order valence-corrected chi connectivity index (χ1v) is 6.98. The molecule has 0 bridgehead atoms. The van der Waals surface area contributed by atoms with E-state index >= 15 is 0 Å². The van der Waals surface area contributed by atoms with Gasteiger partial charge in [0.05, 0.1) is 10.8 Å². The number of hydrogen-bond acceptors (Lipinski definition) is 6. The first kappa shape index (κ1) is 16.1. The van der Waals surface area contributed by atoms with E-state index in [1.165, 1.54) is 0 Å². The minimum Gasteiger partial charge on any atom is -0.241 e. The summed E-state index contributed by atoms with van der Waals surface area (Å²) in [7, 11) is 0. The molecule has 0 unspecified atom stereocenters. The zero-order valence-electron chi connectivity index (χ0n) is 13.6. The van der Waals surface area contributed by atoms with Gasteiger partial charge in [-0.2, -0.15) is 0 Å². The Labute approximate surface area is 126 Å². The Balaban J connectivity index is 3.21. The van der Waals surface area contributed by atoms with Gasteiger partial charge in [0.2, 0.25) is 0 Å². The Morgan fingerprint density at radius 3 is 1.82 bits per heavy atom.